The molecular formula is C18H34NO6P. The van der Waals surface area contributed by atoms with Crippen molar-refractivity contribution in [3.8, 4) is 5.75 Å². The van der Waals surface area contributed by atoms with Crippen LogP contribution in [0.25, 0.3) is 0 Å². The Labute approximate surface area is 157 Å². The Kier molecular flexibility index (Phi) is 13.9. The van der Waals surface area contributed by atoms with Crippen LogP contribution in [0.2, 0.25) is 0 Å². The number of nitrogens with two attached hydrogens (primary N) is 1. The number of aliphatic hydroxyl groups excluding tert-OH is 3. The van der Waals surface area contributed by atoms with Gasteiger partial charge >= 0.3 is 8.60 Å². The van der Waals surface area contributed by atoms with Crippen molar-refractivity contribution in [1.29, 1.82) is 0 Å². The Bertz CT molecular complexity index is 474. The summed E-state index contributed by atoms with van der Waals surface area (Å²) in [4.78, 5) is 17.9. The Hall–Kier alpha value is -0.790. The van der Waals surface area contributed by atoms with Crippen molar-refractivity contribution in [2.24, 2.45) is 5.73 Å². The molecule has 0 saturated carbocycles. The molecule has 0 amide bonds. The van der Waals surface area contributed by atoms with E-state index in [0.717, 1.165) is 31.2 Å². The third kappa shape index (κ3) is 10.4. The van der Waals surface area contributed by atoms with Gasteiger partial charge in [-0.15, -0.1) is 0 Å². The fourth-order valence-electron chi connectivity index (χ4n) is 2.06. The normalized spacial score (nSPS) is 11.3. The first kappa shape index (κ1) is 25.2. The van der Waals surface area contributed by atoms with Gasteiger partial charge in [-0.3, -0.25) is 0 Å². The summed E-state index contributed by atoms with van der Waals surface area (Å²) >= 11 is 0. The van der Waals surface area contributed by atoms with Crippen molar-refractivity contribution in [3.05, 3.63) is 29.3 Å². The maximum atomic E-state index is 8.96. The zero-order valence-corrected chi connectivity index (χ0v) is 16.7. The third-order valence-corrected chi connectivity index (χ3v) is 4.23. The van der Waals surface area contributed by atoms with E-state index in [0.29, 0.717) is 5.75 Å². The van der Waals surface area contributed by atoms with Crippen molar-refractivity contribution in [2.45, 2.75) is 57.9 Å². The summed E-state index contributed by atoms with van der Waals surface area (Å²) in [5, 5.41) is 25.0. The monoisotopic (exact) mass is 391 g/mol. The zero-order chi connectivity index (χ0) is 20.0. The van der Waals surface area contributed by atoms with Crippen LogP contribution in [-0.4, -0.2) is 50.5 Å². The number of unbranched alkanes of at least 4 members (excludes halogenated alkanes) is 2. The average molecular weight is 391 g/mol. The van der Waals surface area contributed by atoms with E-state index in [-0.39, 0.29) is 0 Å². The highest BCUT2D eigenvalue weighted by molar-refractivity contribution is 7.39. The molecule has 0 atom stereocenters. The van der Waals surface area contributed by atoms with Gasteiger partial charge < -0.3 is 35.4 Å². The van der Waals surface area contributed by atoms with Crippen LogP contribution in [0.15, 0.2) is 18.2 Å². The molecule has 0 radical (unpaired) electrons. The quantitative estimate of drug-likeness (QED) is 0.315. The summed E-state index contributed by atoms with van der Waals surface area (Å²) in [6.45, 7) is 3.12. The number of rotatable bonds is 11. The van der Waals surface area contributed by atoms with Crippen molar-refractivity contribution >= 4 is 8.60 Å². The molecule has 0 aliphatic rings. The molecule has 26 heavy (non-hydrogen) atoms. The van der Waals surface area contributed by atoms with Crippen LogP contribution in [0.5, 0.6) is 5.75 Å². The minimum absolute atomic E-state index is 0.403. The number of aryl methyl sites for hydroxylation is 2. The van der Waals surface area contributed by atoms with Crippen molar-refractivity contribution in [3.63, 3.8) is 0 Å². The van der Waals surface area contributed by atoms with E-state index in [1.165, 1.54) is 18.4 Å². The van der Waals surface area contributed by atoms with Gasteiger partial charge in [-0.25, -0.2) is 0 Å². The lowest BCUT2D eigenvalue weighted by Gasteiger charge is -2.20. The molecule has 7 N–H and O–H groups in total. The Morgan fingerprint density at radius 2 is 1.50 bits per heavy atom. The number of hydrogen-bond acceptors (Lipinski definition) is 7. The van der Waals surface area contributed by atoms with Crippen molar-refractivity contribution in [2.75, 3.05) is 19.8 Å². The molecule has 152 valence electrons. The summed E-state index contributed by atoms with van der Waals surface area (Å²) in [5.74, 6) is 0.611. The maximum Gasteiger partial charge on any atom is 0.391 e. The fourth-order valence-corrected chi connectivity index (χ4v) is 2.41. The lowest BCUT2D eigenvalue weighted by Crippen LogP contribution is -2.50. The molecule has 0 aliphatic carbocycles. The standard InChI is InChI=1S/C14H23O3P.C4H11NO3/c1-3-5-7-12-9-10-14(17-18(15)16)13(11-12)8-6-4-2;5-4(1-6,2-7)3-8/h9-11,15-16H,3-8H2,1-2H3;6-8H,1-3,5H2. The van der Waals surface area contributed by atoms with Crippen LogP contribution in [0.4, 0.5) is 0 Å². The van der Waals surface area contributed by atoms with Crippen molar-refractivity contribution in [1.82, 2.24) is 0 Å². The largest absolute Gasteiger partial charge is 0.427 e. The van der Waals surface area contributed by atoms with Gasteiger partial charge in [0.25, 0.3) is 0 Å². The molecule has 0 spiro atoms. The lowest BCUT2D eigenvalue weighted by molar-refractivity contribution is 0.0697. The molecule has 0 aliphatic heterocycles. The van der Waals surface area contributed by atoms with E-state index < -0.39 is 34.0 Å². The predicted molar refractivity (Wildman–Crippen MR) is 104 cm³/mol. The van der Waals surface area contributed by atoms with Crippen LogP contribution < -0.4 is 10.3 Å². The van der Waals surface area contributed by atoms with E-state index in [4.69, 9.17) is 35.4 Å². The number of hydrogen-bond donors (Lipinski definition) is 6. The number of benzene rings is 1. The molecule has 0 unspecified atom stereocenters. The SMILES string of the molecule is CCCCc1ccc(OP(O)O)c(CCCC)c1.NC(CO)(CO)CO. The Morgan fingerprint density at radius 3 is 1.92 bits per heavy atom. The van der Waals surface area contributed by atoms with Gasteiger partial charge in [0.2, 0.25) is 0 Å². The second kappa shape index (κ2) is 14.3. The lowest BCUT2D eigenvalue weighted by atomic mass is 10.0. The molecule has 8 heteroatoms. The molecule has 0 fully saturated rings. The van der Waals surface area contributed by atoms with Gasteiger partial charge in [-0.1, -0.05) is 38.8 Å². The molecule has 7 nitrogen and oxygen atoms in total. The van der Waals surface area contributed by atoms with Crippen LogP contribution >= 0.6 is 8.60 Å². The van der Waals surface area contributed by atoms with E-state index >= 15 is 0 Å². The molecule has 1 aromatic rings. The van der Waals surface area contributed by atoms with Gasteiger partial charge in [0, 0.05) is 0 Å². The van der Waals surface area contributed by atoms with E-state index in [2.05, 4.69) is 19.9 Å². The average Bonchev–Trinajstić information content (AvgIpc) is 2.65. The molecule has 0 heterocycles. The molecule has 0 saturated heterocycles. The predicted octanol–water partition coefficient (Wildman–Crippen LogP) is 1.62. The second-order valence-electron chi connectivity index (χ2n) is 6.33. The topological polar surface area (TPSA) is 136 Å². The summed E-state index contributed by atoms with van der Waals surface area (Å²) in [5.41, 5.74) is 6.32. The van der Waals surface area contributed by atoms with Crippen molar-refractivity contribution < 1.29 is 29.6 Å². The fraction of sp³-hybridized carbons (Fsp3) is 0.667. The summed E-state index contributed by atoms with van der Waals surface area (Å²) < 4.78 is 5.08. The van der Waals surface area contributed by atoms with Gasteiger partial charge in [-0.2, -0.15) is 0 Å². The molecule has 0 aromatic heterocycles. The van der Waals surface area contributed by atoms with Gasteiger partial charge in [-0.05, 0) is 42.9 Å². The Balaban J connectivity index is 0.000000660. The van der Waals surface area contributed by atoms with E-state index in [9.17, 15) is 0 Å². The van der Waals surface area contributed by atoms with E-state index in [1.54, 1.807) is 0 Å². The Morgan fingerprint density at radius 1 is 0.962 bits per heavy atom. The summed E-state index contributed by atoms with van der Waals surface area (Å²) in [6, 6.07) is 6.01. The minimum atomic E-state index is -2.33. The summed E-state index contributed by atoms with van der Waals surface area (Å²) in [6.07, 6.45) is 6.56. The maximum absolute atomic E-state index is 8.96. The van der Waals surface area contributed by atoms with E-state index in [1.807, 2.05) is 12.1 Å². The third-order valence-electron chi connectivity index (χ3n) is 3.87. The van der Waals surface area contributed by atoms with Crippen LogP contribution in [-0.2, 0) is 12.8 Å². The molecule has 1 rings (SSSR count). The molecular weight excluding hydrogens is 357 g/mol. The molecule has 1 aromatic carbocycles. The smallest absolute Gasteiger partial charge is 0.391 e. The highest BCUT2D eigenvalue weighted by Gasteiger charge is 2.20. The first-order chi connectivity index (χ1) is 12.4. The highest BCUT2D eigenvalue weighted by atomic mass is 31.2. The molecule has 0 bridgehead atoms. The van der Waals surface area contributed by atoms with Gasteiger partial charge in [0.15, 0.2) is 0 Å². The highest BCUT2D eigenvalue weighted by Crippen LogP contribution is 2.33. The first-order valence-corrected chi connectivity index (χ1v) is 10.1. The zero-order valence-electron chi connectivity index (χ0n) is 15.8. The van der Waals surface area contributed by atoms with Crippen LogP contribution in [0, 0.1) is 0 Å². The number of aliphatic hydroxyl groups is 3. The second-order valence-corrected chi connectivity index (χ2v) is 7.02. The van der Waals surface area contributed by atoms with Gasteiger partial charge in [0.1, 0.15) is 5.75 Å². The van der Waals surface area contributed by atoms with Crippen LogP contribution in [0.3, 0.4) is 0 Å². The van der Waals surface area contributed by atoms with Gasteiger partial charge in [0.05, 0.1) is 25.4 Å². The summed E-state index contributed by atoms with van der Waals surface area (Å²) in [7, 11) is -2.33. The first-order valence-electron chi connectivity index (χ1n) is 8.94. The van der Waals surface area contributed by atoms with Crippen LogP contribution in [0.1, 0.15) is 50.7 Å². The minimum Gasteiger partial charge on any atom is -0.427 e.